The molecular weight excluding hydrogens is 502 g/mol. The van der Waals surface area contributed by atoms with E-state index in [0.29, 0.717) is 42.1 Å². The third kappa shape index (κ3) is 8.97. The number of methoxy groups -OCH3 is 1. The highest BCUT2D eigenvalue weighted by Gasteiger charge is 2.23. The van der Waals surface area contributed by atoms with E-state index in [1.165, 1.54) is 0 Å². The zero-order valence-corrected chi connectivity index (χ0v) is 23.9. The molecule has 3 rings (SSSR count). The lowest BCUT2D eigenvalue weighted by atomic mass is 9.95. The summed E-state index contributed by atoms with van der Waals surface area (Å²) in [4.78, 5) is 41.3. The smallest absolute Gasteiger partial charge is 0.253 e. The molecule has 1 radical (unpaired) electrons. The molecule has 0 aliphatic carbocycles. The molecule has 40 heavy (non-hydrogen) atoms. The van der Waals surface area contributed by atoms with Crippen molar-refractivity contribution in [1.82, 2.24) is 10.2 Å². The van der Waals surface area contributed by atoms with E-state index in [1.807, 2.05) is 55.5 Å². The summed E-state index contributed by atoms with van der Waals surface area (Å²) in [5.41, 5.74) is 2.59. The Kier molecular flexibility index (Phi) is 11.8. The number of carbonyl (C=O) groups is 3. The number of anilines is 1. The van der Waals surface area contributed by atoms with Crippen molar-refractivity contribution in [1.29, 1.82) is 0 Å². The second kappa shape index (κ2) is 15.5. The number of hydrogen-bond acceptors (Lipinski definition) is 4. The maximum atomic E-state index is 13.4. The molecule has 211 valence electrons. The minimum Gasteiger partial charge on any atom is -0.497 e. The van der Waals surface area contributed by atoms with E-state index in [-0.39, 0.29) is 17.7 Å². The van der Waals surface area contributed by atoms with Crippen LogP contribution in [0.2, 0.25) is 0 Å². The van der Waals surface area contributed by atoms with Gasteiger partial charge >= 0.3 is 0 Å². The van der Waals surface area contributed by atoms with Crippen molar-refractivity contribution < 1.29 is 19.1 Å². The van der Waals surface area contributed by atoms with Crippen LogP contribution < -0.4 is 15.4 Å². The summed E-state index contributed by atoms with van der Waals surface area (Å²) in [6.07, 6.45) is 4.11. The van der Waals surface area contributed by atoms with E-state index in [1.54, 1.807) is 62.6 Å². The first-order valence-corrected chi connectivity index (χ1v) is 13.9. The molecule has 0 aliphatic rings. The fourth-order valence-corrected chi connectivity index (χ4v) is 4.48. The Balaban J connectivity index is 1.73. The van der Waals surface area contributed by atoms with E-state index >= 15 is 0 Å². The van der Waals surface area contributed by atoms with Gasteiger partial charge in [0, 0.05) is 41.9 Å². The highest BCUT2D eigenvalue weighted by molar-refractivity contribution is 6.00. The Morgan fingerprint density at radius 1 is 0.875 bits per heavy atom. The average Bonchev–Trinajstić information content (AvgIpc) is 2.97. The summed E-state index contributed by atoms with van der Waals surface area (Å²) in [5.74, 6) is -0.336. The van der Waals surface area contributed by atoms with Crippen LogP contribution in [-0.2, 0) is 11.2 Å². The Hall–Kier alpha value is -4.13. The Morgan fingerprint density at radius 3 is 2.15 bits per heavy atom. The Bertz CT molecular complexity index is 1240. The molecule has 0 aliphatic heterocycles. The molecule has 0 fully saturated rings. The van der Waals surface area contributed by atoms with Gasteiger partial charge in [0.05, 0.1) is 7.11 Å². The van der Waals surface area contributed by atoms with Crippen molar-refractivity contribution in [3.8, 4) is 5.75 Å². The van der Waals surface area contributed by atoms with E-state index in [9.17, 15) is 14.4 Å². The number of hydrogen-bond donors (Lipinski definition) is 2. The van der Waals surface area contributed by atoms with Crippen LogP contribution in [0.5, 0.6) is 5.75 Å². The zero-order valence-electron chi connectivity index (χ0n) is 23.9. The highest BCUT2D eigenvalue weighted by Crippen LogP contribution is 2.18. The Labute approximate surface area is 237 Å². The minimum absolute atomic E-state index is 0.0745. The van der Waals surface area contributed by atoms with Crippen molar-refractivity contribution in [2.45, 2.75) is 46.1 Å². The van der Waals surface area contributed by atoms with Gasteiger partial charge < -0.3 is 20.3 Å². The summed E-state index contributed by atoms with van der Waals surface area (Å²) in [7, 11) is 1.59. The molecule has 7 nitrogen and oxygen atoms in total. The number of ether oxygens (including phenoxy) is 1. The first kappa shape index (κ1) is 30.4. The van der Waals surface area contributed by atoms with E-state index in [4.69, 9.17) is 4.74 Å². The third-order valence-electron chi connectivity index (χ3n) is 6.55. The van der Waals surface area contributed by atoms with Gasteiger partial charge in [-0.15, -0.1) is 0 Å². The molecule has 0 saturated heterocycles. The lowest BCUT2D eigenvalue weighted by molar-refractivity contribution is -0.118. The first-order valence-electron chi connectivity index (χ1n) is 13.9. The molecule has 3 aromatic carbocycles. The van der Waals surface area contributed by atoms with Crippen LogP contribution in [-0.4, -0.2) is 48.9 Å². The summed E-state index contributed by atoms with van der Waals surface area (Å²) < 4.78 is 5.18. The Morgan fingerprint density at radius 2 is 1.52 bits per heavy atom. The normalized spacial score (nSPS) is 12.2. The number of nitrogens with one attached hydrogen (secondary N) is 2. The van der Waals surface area contributed by atoms with Crippen molar-refractivity contribution in [2.24, 2.45) is 5.92 Å². The summed E-state index contributed by atoms with van der Waals surface area (Å²) in [6, 6.07) is 23.4. The van der Waals surface area contributed by atoms with Crippen LogP contribution in [0.15, 0.2) is 78.9 Å². The first-order chi connectivity index (χ1) is 19.3. The predicted octanol–water partition coefficient (Wildman–Crippen LogP) is 5.78. The van der Waals surface area contributed by atoms with Crippen LogP contribution in [0.25, 0.3) is 0 Å². The fourth-order valence-electron chi connectivity index (χ4n) is 4.48. The van der Waals surface area contributed by atoms with Gasteiger partial charge in [-0.3, -0.25) is 14.4 Å². The molecule has 0 aromatic heterocycles. The molecule has 3 amide bonds. The van der Waals surface area contributed by atoms with Crippen LogP contribution in [0, 0.1) is 12.3 Å². The quantitative estimate of drug-likeness (QED) is 0.270. The van der Waals surface area contributed by atoms with Crippen LogP contribution in [0.4, 0.5) is 5.69 Å². The number of carbonyl (C=O) groups excluding carboxylic acids is 3. The van der Waals surface area contributed by atoms with E-state index in [0.717, 1.165) is 18.4 Å². The molecule has 3 aromatic rings. The van der Waals surface area contributed by atoms with Crippen LogP contribution in [0.1, 0.15) is 59.9 Å². The molecule has 0 heterocycles. The molecule has 0 bridgehead atoms. The van der Waals surface area contributed by atoms with Crippen LogP contribution >= 0.6 is 0 Å². The highest BCUT2D eigenvalue weighted by atomic mass is 16.5. The summed E-state index contributed by atoms with van der Waals surface area (Å²) in [6.45, 7) is 7.24. The monoisotopic (exact) mass is 542 g/mol. The van der Waals surface area contributed by atoms with E-state index in [2.05, 4.69) is 10.6 Å². The van der Waals surface area contributed by atoms with Gasteiger partial charge in [-0.25, -0.2) is 0 Å². The zero-order chi connectivity index (χ0) is 28.9. The van der Waals surface area contributed by atoms with Gasteiger partial charge in [-0.05, 0) is 73.7 Å². The van der Waals surface area contributed by atoms with Crippen molar-refractivity contribution in [2.75, 3.05) is 25.5 Å². The topological polar surface area (TPSA) is 87.7 Å². The van der Waals surface area contributed by atoms with Gasteiger partial charge in [0.25, 0.3) is 11.8 Å². The fraction of sp³-hybridized carbons (Fsp3) is 0.333. The van der Waals surface area contributed by atoms with Gasteiger partial charge in [0.2, 0.25) is 5.91 Å². The minimum atomic E-state index is -0.485. The predicted molar refractivity (Wildman–Crippen MR) is 159 cm³/mol. The molecule has 0 saturated carbocycles. The number of nitrogens with zero attached hydrogens (tertiary/aromatic N) is 1. The lowest BCUT2D eigenvalue weighted by Gasteiger charge is -2.23. The third-order valence-corrected chi connectivity index (χ3v) is 6.55. The standard InChI is InChI=1S/C33H40N3O4/c1-5-19-36(20-6-2)33(39)27-14-10-13-26(23-27)32(38)35-29(22-25-11-8-7-9-12-25)21-24(3)31(37)34-28-15-17-30(40-4)18-16-28/h7-18,21,23-24,29H,5-6,19-20,22H2,1-4H3,(H,34,37)(H,35,38)/t24?,29-/m1/s1. The van der Waals surface area contributed by atoms with Gasteiger partial charge in [0.15, 0.2) is 0 Å². The van der Waals surface area contributed by atoms with Crippen LogP contribution in [0.3, 0.4) is 0 Å². The lowest BCUT2D eigenvalue weighted by Crippen LogP contribution is -2.40. The number of amides is 3. The van der Waals surface area contributed by atoms with Gasteiger partial charge in [-0.1, -0.05) is 57.2 Å². The second-order valence-electron chi connectivity index (χ2n) is 9.84. The maximum absolute atomic E-state index is 13.4. The largest absolute Gasteiger partial charge is 0.497 e. The SMILES string of the molecule is CCCN(CCC)C(=O)c1cccc(C(=O)N[C@H]([CH]C(C)C(=O)Nc2ccc(OC)cc2)Cc2ccccc2)c1. The molecule has 0 spiro atoms. The molecule has 1 unspecified atom stereocenters. The number of benzene rings is 3. The van der Waals surface area contributed by atoms with E-state index < -0.39 is 12.0 Å². The number of rotatable bonds is 14. The van der Waals surface area contributed by atoms with Gasteiger partial charge in [0.1, 0.15) is 5.75 Å². The maximum Gasteiger partial charge on any atom is 0.253 e. The summed E-state index contributed by atoms with van der Waals surface area (Å²) in [5, 5.41) is 5.99. The van der Waals surface area contributed by atoms with Gasteiger partial charge in [-0.2, -0.15) is 0 Å². The molecule has 2 atom stereocenters. The van der Waals surface area contributed by atoms with Crippen molar-refractivity contribution >= 4 is 23.4 Å². The molecule has 2 N–H and O–H groups in total. The second-order valence-corrected chi connectivity index (χ2v) is 9.84. The molecule has 7 heteroatoms. The van der Waals surface area contributed by atoms with Crippen molar-refractivity contribution in [3.63, 3.8) is 0 Å². The molecular formula is C33H40N3O4. The summed E-state index contributed by atoms with van der Waals surface area (Å²) >= 11 is 0. The van der Waals surface area contributed by atoms with Crippen molar-refractivity contribution in [3.05, 3.63) is 102 Å². The average molecular weight is 543 g/mol.